The van der Waals surface area contributed by atoms with Crippen LogP contribution in [0.2, 0.25) is 0 Å². The van der Waals surface area contributed by atoms with E-state index in [9.17, 15) is 22.4 Å². The Bertz CT molecular complexity index is 1090. The smallest absolute Gasteiger partial charge is 0.242 e. The summed E-state index contributed by atoms with van der Waals surface area (Å²) in [7, 11) is -2.08. The number of hydrogen-bond acceptors (Lipinski definition) is 5. The molecule has 1 N–H and O–H groups in total. The van der Waals surface area contributed by atoms with Crippen LogP contribution in [-0.2, 0) is 26.2 Å². The van der Waals surface area contributed by atoms with Gasteiger partial charge in [-0.1, -0.05) is 25.1 Å². The molecular formula is C25H34FN3O5S. The Kier molecular flexibility index (Phi) is 10.5. The lowest BCUT2D eigenvalue weighted by atomic mass is 10.1. The van der Waals surface area contributed by atoms with Crippen LogP contribution in [0.1, 0.15) is 38.7 Å². The molecule has 0 aromatic heterocycles. The van der Waals surface area contributed by atoms with Gasteiger partial charge in [-0.3, -0.25) is 13.9 Å². The summed E-state index contributed by atoms with van der Waals surface area (Å²) in [5.41, 5.74) is 0.753. The number of sulfonamides is 1. The third-order valence-electron chi connectivity index (χ3n) is 5.53. The number of hydrogen-bond donors (Lipinski definition) is 1. The maximum absolute atomic E-state index is 14.3. The SMILES string of the molecule is CCCNC(=O)[C@@H](C)N(Cc1ccccc1F)C(=O)CCCN(c1ccc(OC)cc1)S(C)(=O)=O. The number of nitrogens with one attached hydrogen (secondary N) is 1. The van der Waals surface area contributed by atoms with Crippen molar-refractivity contribution in [2.75, 3.05) is 30.8 Å². The van der Waals surface area contributed by atoms with Crippen LogP contribution < -0.4 is 14.4 Å². The van der Waals surface area contributed by atoms with Crippen LogP contribution in [0.4, 0.5) is 10.1 Å². The van der Waals surface area contributed by atoms with Crippen LogP contribution >= 0.6 is 0 Å². The van der Waals surface area contributed by atoms with Crippen molar-refractivity contribution >= 4 is 27.5 Å². The van der Waals surface area contributed by atoms with E-state index in [1.165, 1.54) is 22.4 Å². The molecule has 0 aliphatic heterocycles. The molecule has 0 fully saturated rings. The minimum Gasteiger partial charge on any atom is -0.497 e. The van der Waals surface area contributed by atoms with E-state index in [2.05, 4.69) is 5.32 Å². The van der Waals surface area contributed by atoms with Gasteiger partial charge in [-0.2, -0.15) is 0 Å². The summed E-state index contributed by atoms with van der Waals surface area (Å²) in [5, 5.41) is 2.77. The molecule has 0 saturated carbocycles. The summed E-state index contributed by atoms with van der Waals surface area (Å²) >= 11 is 0. The van der Waals surface area contributed by atoms with Crippen molar-refractivity contribution in [3.8, 4) is 5.75 Å². The van der Waals surface area contributed by atoms with Gasteiger partial charge in [-0.15, -0.1) is 0 Å². The highest BCUT2D eigenvalue weighted by atomic mass is 32.2. The molecule has 0 radical (unpaired) electrons. The summed E-state index contributed by atoms with van der Waals surface area (Å²) in [6.07, 6.45) is 2.05. The zero-order valence-electron chi connectivity index (χ0n) is 20.7. The van der Waals surface area contributed by atoms with Crippen molar-refractivity contribution < 1.29 is 27.1 Å². The zero-order chi connectivity index (χ0) is 26.0. The van der Waals surface area contributed by atoms with E-state index >= 15 is 0 Å². The second-order valence-corrected chi connectivity index (χ2v) is 10.1. The zero-order valence-corrected chi connectivity index (χ0v) is 21.5. The second-order valence-electron chi connectivity index (χ2n) is 8.22. The molecule has 0 unspecified atom stereocenters. The van der Waals surface area contributed by atoms with Gasteiger partial charge in [0.1, 0.15) is 17.6 Å². The molecule has 0 bridgehead atoms. The summed E-state index contributed by atoms with van der Waals surface area (Å²) in [4.78, 5) is 27.1. The van der Waals surface area contributed by atoms with Crippen molar-refractivity contribution in [2.24, 2.45) is 0 Å². The van der Waals surface area contributed by atoms with E-state index in [4.69, 9.17) is 4.74 Å². The fourth-order valence-corrected chi connectivity index (χ4v) is 4.51. The number of anilines is 1. The summed E-state index contributed by atoms with van der Waals surface area (Å²) in [5.74, 6) is -0.561. The Balaban J connectivity index is 2.16. The number of ether oxygens (including phenoxy) is 1. The minimum absolute atomic E-state index is 0.0119. The number of halogens is 1. The highest BCUT2D eigenvalue weighted by Gasteiger charge is 2.27. The average Bonchev–Trinajstić information content (AvgIpc) is 2.83. The summed E-state index contributed by atoms with van der Waals surface area (Å²) in [6, 6.07) is 11.9. The topological polar surface area (TPSA) is 96.0 Å². The molecule has 0 saturated heterocycles. The molecule has 0 aliphatic carbocycles. The molecule has 10 heteroatoms. The van der Waals surface area contributed by atoms with Crippen molar-refractivity contribution in [3.05, 3.63) is 59.9 Å². The first-order valence-electron chi connectivity index (χ1n) is 11.5. The van der Waals surface area contributed by atoms with Crippen LogP contribution in [-0.4, -0.2) is 57.6 Å². The number of benzene rings is 2. The molecular weight excluding hydrogens is 473 g/mol. The standard InChI is InChI=1S/C25H34FN3O5S/c1-5-16-27-25(31)19(2)28(18-20-9-6-7-10-23(20)26)24(30)11-8-17-29(35(4,32)33)21-12-14-22(34-3)15-13-21/h6-7,9-10,12-15,19H,5,8,11,16-18H2,1-4H3,(H,27,31)/t19-/m1/s1. The molecule has 0 heterocycles. The van der Waals surface area contributed by atoms with E-state index in [0.29, 0.717) is 23.5 Å². The highest BCUT2D eigenvalue weighted by molar-refractivity contribution is 7.92. The van der Waals surface area contributed by atoms with Crippen molar-refractivity contribution in [2.45, 2.75) is 45.7 Å². The van der Waals surface area contributed by atoms with Crippen molar-refractivity contribution in [3.63, 3.8) is 0 Å². The average molecular weight is 508 g/mol. The summed E-state index contributed by atoms with van der Waals surface area (Å²) < 4.78 is 45.4. The fourth-order valence-electron chi connectivity index (χ4n) is 3.54. The molecule has 8 nitrogen and oxygen atoms in total. The third-order valence-corrected chi connectivity index (χ3v) is 6.72. The molecule has 35 heavy (non-hydrogen) atoms. The number of carbonyl (C=O) groups excluding carboxylic acids is 2. The summed E-state index contributed by atoms with van der Waals surface area (Å²) in [6.45, 7) is 3.99. The van der Waals surface area contributed by atoms with Gasteiger partial charge < -0.3 is 15.0 Å². The second kappa shape index (κ2) is 13.1. The Morgan fingerprint density at radius 3 is 2.34 bits per heavy atom. The molecule has 192 valence electrons. The number of amides is 2. The van der Waals surface area contributed by atoms with Gasteiger partial charge in [0, 0.05) is 31.6 Å². The van der Waals surface area contributed by atoms with Crippen LogP contribution in [0.25, 0.3) is 0 Å². The van der Waals surface area contributed by atoms with E-state index < -0.39 is 21.9 Å². The largest absolute Gasteiger partial charge is 0.497 e. The molecule has 2 amide bonds. The van der Waals surface area contributed by atoms with Crippen LogP contribution in [0, 0.1) is 5.82 Å². The Morgan fingerprint density at radius 1 is 1.11 bits per heavy atom. The highest BCUT2D eigenvalue weighted by Crippen LogP contribution is 2.22. The van der Waals surface area contributed by atoms with Crippen LogP contribution in [0.15, 0.2) is 48.5 Å². The number of nitrogens with zero attached hydrogens (tertiary/aromatic N) is 2. The Hall–Kier alpha value is -3.14. The maximum Gasteiger partial charge on any atom is 0.242 e. The molecule has 1 atom stereocenters. The molecule has 0 spiro atoms. The Morgan fingerprint density at radius 2 is 1.77 bits per heavy atom. The predicted octanol–water partition coefficient (Wildman–Crippen LogP) is 3.32. The van der Waals surface area contributed by atoms with Gasteiger partial charge in [-0.25, -0.2) is 12.8 Å². The normalized spacial score (nSPS) is 12.0. The van der Waals surface area contributed by atoms with E-state index in [1.54, 1.807) is 49.4 Å². The molecule has 2 aromatic carbocycles. The number of rotatable bonds is 13. The lowest BCUT2D eigenvalue weighted by molar-refractivity contribution is -0.140. The monoisotopic (exact) mass is 507 g/mol. The van der Waals surface area contributed by atoms with E-state index in [1.807, 2.05) is 6.92 Å². The van der Waals surface area contributed by atoms with Crippen LogP contribution in [0.3, 0.4) is 0 Å². The van der Waals surface area contributed by atoms with Gasteiger partial charge in [0.2, 0.25) is 21.8 Å². The number of carbonyl (C=O) groups is 2. The van der Waals surface area contributed by atoms with Crippen molar-refractivity contribution in [1.29, 1.82) is 0 Å². The molecule has 0 aliphatic rings. The Labute approximate surface area is 207 Å². The first-order valence-corrected chi connectivity index (χ1v) is 13.4. The molecule has 2 rings (SSSR count). The van der Waals surface area contributed by atoms with Gasteiger partial charge in [0.25, 0.3) is 0 Å². The quantitative estimate of drug-likeness (QED) is 0.449. The van der Waals surface area contributed by atoms with Gasteiger partial charge in [0.15, 0.2) is 0 Å². The lowest BCUT2D eigenvalue weighted by Gasteiger charge is -2.29. The fraction of sp³-hybridized carbons (Fsp3) is 0.440. The van der Waals surface area contributed by atoms with Crippen molar-refractivity contribution in [1.82, 2.24) is 10.2 Å². The van der Waals surface area contributed by atoms with E-state index in [0.717, 1.165) is 12.7 Å². The first kappa shape index (κ1) is 28.1. The van der Waals surface area contributed by atoms with Gasteiger partial charge >= 0.3 is 0 Å². The van der Waals surface area contributed by atoms with E-state index in [-0.39, 0.29) is 37.7 Å². The minimum atomic E-state index is -3.60. The van der Waals surface area contributed by atoms with Crippen LogP contribution in [0.5, 0.6) is 5.75 Å². The van der Waals surface area contributed by atoms with Gasteiger partial charge in [0.05, 0.1) is 19.1 Å². The maximum atomic E-state index is 14.3. The molecule has 2 aromatic rings. The predicted molar refractivity (Wildman–Crippen MR) is 134 cm³/mol. The third kappa shape index (κ3) is 8.24. The van der Waals surface area contributed by atoms with Gasteiger partial charge in [-0.05, 0) is 50.1 Å². The number of methoxy groups -OCH3 is 1. The first-order chi connectivity index (χ1) is 16.6. The lowest BCUT2D eigenvalue weighted by Crippen LogP contribution is -2.48.